The molecule has 3 amide bonds. The molecule has 0 aliphatic carbocycles. The van der Waals surface area contributed by atoms with Crippen molar-refractivity contribution in [2.24, 2.45) is 16.6 Å². The van der Waals surface area contributed by atoms with Gasteiger partial charge in [-0.05, 0) is 30.9 Å². The minimum absolute atomic E-state index is 0.230. The molecule has 0 spiro atoms. The van der Waals surface area contributed by atoms with Crippen LogP contribution in [0, 0.1) is 18.8 Å². The van der Waals surface area contributed by atoms with Crippen LogP contribution in [0.2, 0.25) is 0 Å². The summed E-state index contributed by atoms with van der Waals surface area (Å²) in [7, 11) is 2.85. The zero-order valence-corrected chi connectivity index (χ0v) is 28.7. The molecule has 50 heavy (non-hydrogen) atoms. The Morgan fingerprint density at radius 2 is 1.60 bits per heavy atom. The number of halogens is 6. The molecule has 1 heterocycles. The van der Waals surface area contributed by atoms with Crippen LogP contribution in [-0.2, 0) is 23.9 Å². The SMILES string of the molecule is C#C.CCC(F)(F)F.CC[C@@H](CCC(F)(F)F)C(=O)N[C@H]1N=C(c2ccccc2)c2ccccc2N(C)C1=O.COC(=O)[C@@H](N)CSNC=O. The Balaban J connectivity index is 0.00000104. The van der Waals surface area contributed by atoms with E-state index in [1.54, 1.807) is 26.1 Å². The zero-order chi connectivity index (χ0) is 38.5. The van der Waals surface area contributed by atoms with Gasteiger partial charge in [0, 0.05) is 42.7 Å². The molecule has 0 radical (unpaired) electrons. The van der Waals surface area contributed by atoms with Crippen LogP contribution in [0.1, 0.15) is 50.7 Å². The maximum Gasteiger partial charge on any atom is 0.389 e. The van der Waals surface area contributed by atoms with Crippen molar-refractivity contribution in [2.45, 2.75) is 64.1 Å². The summed E-state index contributed by atoms with van der Waals surface area (Å²) in [5, 5.41) is 2.58. The van der Waals surface area contributed by atoms with Crippen LogP contribution in [-0.4, -0.2) is 74.4 Å². The number of esters is 1. The second kappa shape index (κ2) is 23.0. The number of para-hydroxylation sites is 1. The van der Waals surface area contributed by atoms with Crippen molar-refractivity contribution >= 4 is 47.5 Å². The third-order valence-corrected chi connectivity index (χ3v) is 7.40. The standard InChI is InChI=1S/C23H24F3N3O2.C5H10N2O3S.C3H5F3.C2H2/c1-3-15(13-14-23(24,25)26)21(30)28-20-22(31)29(2)18-12-8-7-11-17(18)19(27-20)16-9-5-4-6-10-16;1-10-5(9)4(6)2-11-7-3-8;1-2-3(4,5)6;1-2/h4-12,15,20H,3,13-14H2,1-2H3,(H,28,30);3-4H,2,6H2,1H3,(H,7,8);2H2,1H3;1-2H/t15-,20+;4-;;/m00../s1. The van der Waals surface area contributed by atoms with E-state index in [4.69, 9.17) is 5.73 Å². The molecule has 3 atom stereocenters. The van der Waals surface area contributed by atoms with E-state index in [9.17, 15) is 45.5 Å². The first-order chi connectivity index (χ1) is 23.5. The number of hydrogen-bond acceptors (Lipinski definition) is 8. The van der Waals surface area contributed by atoms with Crippen LogP contribution >= 0.6 is 11.9 Å². The Bertz CT molecular complexity index is 1410. The molecule has 2 aromatic carbocycles. The van der Waals surface area contributed by atoms with Gasteiger partial charge in [0.25, 0.3) is 5.91 Å². The fraction of sp³-hybridized carbons (Fsp3) is 0.424. The number of benzene rings is 2. The van der Waals surface area contributed by atoms with E-state index in [0.717, 1.165) is 30.0 Å². The lowest BCUT2D eigenvalue weighted by atomic mass is 9.99. The van der Waals surface area contributed by atoms with Gasteiger partial charge < -0.3 is 25.4 Å². The number of rotatable bonds is 11. The van der Waals surface area contributed by atoms with Crippen LogP contribution < -0.4 is 20.7 Å². The molecule has 3 rings (SSSR count). The van der Waals surface area contributed by atoms with Gasteiger partial charge in [-0.15, -0.1) is 12.8 Å². The summed E-state index contributed by atoms with van der Waals surface area (Å²) in [6.45, 7) is 2.73. The van der Waals surface area contributed by atoms with Crippen molar-refractivity contribution in [2.75, 3.05) is 24.8 Å². The molecule has 0 saturated carbocycles. The van der Waals surface area contributed by atoms with Gasteiger partial charge in [-0.3, -0.25) is 19.2 Å². The number of amides is 3. The number of fused-ring (bicyclic) bond motifs is 1. The lowest BCUT2D eigenvalue weighted by Gasteiger charge is -2.22. The van der Waals surface area contributed by atoms with Crippen molar-refractivity contribution in [3.05, 3.63) is 65.7 Å². The van der Waals surface area contributed by atoms with Gasteiger partial charge in [-0.2, -0.15) is 26.3 Å². The molecule has 0 aromatic heterocycles. The Labute approximate surface area is 291 Å². The summed E-state index contributed by atoms with van der Waals surface area (Å²) in [6.07, 6.45) is -2.90. The number of nitrogens with zero attached hydrogens (tertiary/aromatic N) is 2. The van der Waals surface area contributed by atoms with Crippen molar-refractivity contribution < 1.29 is 50.3 Å². The maximum atomic E-state index is 13.1. The molecule has 17 heteroatoms. The summed E-state index contributed by atoms with van der Waals surface area (Å²) in [5.41, 5.74) is 7.97. The molecule has 1 aliphatic heterocycles. The summed E-state index contributed by atoms with van der Waals surface area (Å²) in [6, 6.07) is 15.8. The number of benzodiazepines with no additional fused rings is 1. The van der Waals surface area contributed by atoms with Crippen LogP contribution in [0.25, 0.3) is 0 Å². The van der Waals surface area contributed by atoms with Gasteiger partial charge in [0.1, 0.15) is 6.04 Å². The van der Waals surface area contributed by atoms with Crippen molar-refractivity contribution in [3.63, 3.8) is 0 Å². The predicted molar refractivity (Wildman–Crippen MR) is 181 cm³/mol. The van der Waals surface area contributed by atoms with Crippen LogP contribution in [0.4, 0.5) is 32.0 Å². The lowest BCUT2D eigenvalue weighted by molar-refractivity contribution is -0.142. The van der Waals surface area contributed by atoms with Gasteiger partial charge >= 0.3 is 18.3 Å². The van der Waals surface area contributed by atoms with E-state index in [1.807, 2.05) is 42.5 Å². The van der Waals surface area contributed by atoms with Crippen LogP contribution in [0.5, 0.6) is 0 Å². The minimum atomic E-state index is -4.34. The summed E-state index contributed by atoms with van der Waals surface area (Å²) in [4.78, 5) is 52.1. The smallest absolute Gasteiger partial charge is 0.389 e. The van der Waals surface area contributed by atoms with Crippen LogP contribution in [0.3, 0.4) is 0 Å². The van der Waals surface area contributed by atoms with Gasteiger partial charge in [0.15, 0.2) is 0 Å². The molecule has 0 saturated heterocycles. The fourth-order valence-corrected chi connectivity index (χ4v) is 4.42. The van der Waals surface area contributed by atoms with E-state index < -0.39 is 61.1 Å². The molecule has 0 unspecified atom stereocenters. The summed E-state index contributed by atoms with van der Waals surface area (Å²) >= 11 is 1.06. The molecular weight excluding hydrogens is 692 g/mol. The number of terminal acetylenes is 1. The molecule has 10 nitrogen and oxygen atoms in total. The molecule has 0 bridgehead atoms. The van der Waals surface area contributed by atoms with Crippen molar-refractivity contribution in [1.82, 2.24) is 10.0 Å². The van der Waals surface area contributed by atoms with Gasteiger partial charge in [-0.1, -0.05) is 62.4 Å². The first kappa shape index (κ1) is 45.4. The van der Waals surface area contributed by atoms with Gasteiger partial charge in [0.05, 0.1) is 18.5 Å². The predicted octanol–water partition coefficient (Wildman–Crippen LogP) is 5.40. The number of carbonyl (C=O) groups excluding carboxylic acids is 4. The minimum Gasteiger partial charge on any atom is -0.468 e. The number of hydrogen-bond donors (Lipinski definition) is 3. The monoisotopic (exact) mass is 733 g/mol. The van der Waals surface area contributed by atoms with E-state index in [2.05, 4.69) is 32.6 Å². The lowest BCUT2D eigenvalue weighted by Crippen LogP contribution is -2.47. The molecule has 276 valence electrons. The number of aliphatic imine (C=N–C) groups is 1. The second-order valence-corrected chi connectivity index (χ2v) is 10.9. The number of alkyl halides is 6. The van der Waals surface area contributed by atoms with Crippen LogP contribution in [0.15, 0.2) is 59.6 Å². The van der Waals surface area contributed by atoms with Crippen molar-refractivity contribution in [3.8, 4) is 12.8 Å². The van der Waals surface area contributed by atoms with E-state index in [1.165, 1.54) is 12.0 Å². The second-order valence-electron chi connectivity index (χ2n) is 10.1. The summed E-state index contributed by atoms with van der Waals surface area (Å²) in [5.74, 6) is -2.10. The number of anilines is 1. The number of carbonyl (C=O) groups is 4. The van der Waals surface area contributed by atoms with Crippen molar-refractivity contribution in [1.29, 1.82) is 0 Å². The maximum absolute atomic E-state index is 13.1. The third kappa shape index (κ3) is 16.7. The summed E-state index contributed by atoms with van der Waals surface area (Å²) < 4.78 is 76.9. The highest BCUT2D eigenvalue weighted by atomic mass is 32.2. The Kier molecular flexibility index (Phi) is 20.9. The van der Waals surface area contributed by atoms with E-state index >= 15 is 0 Å². The molecule has 0 fully saturated rings. The first-order valence-corrected chi connectivity index (χ1v) is 15.9. The molecular formula is C33H41F6N5O5S. The quantitative estimate of drug-likeness (QED) is 0.0701. The molecule has 4 N–H and O–H groups in total. The molecule has 2 aromatic rings. The Morgan fingerprint density at radius 3 is 2.10 bits per heavy atom. The Morgan fingerprint density at radius 1 is 1.04 bits per heavy atom. The average molecular weight is 734 g/mol. The topological polar surface area (TPSA) is 143 Å². The number of nitrogens with one attached hydrogen (secondary N) is 2. The largest absolute Gasteiger partial charge is 0.468 e. The number of nitrogens with two attached hydrogens (primary N) is 1. The van der Waals surface area contributed by atoms with Gasteiger partial charge in [-0.25, -0.2) is 4.99 Å². The van der Waals surface area contributed by atoms with Gasteiger partial charge in [0.2, 0.25) is 18.5 Å². The Hall–Kier alpha value is -4.56. The number of likely N-dealkylation sites (N-methyl/N-ethyl adjacent to an activating group) is 1. The average Bonchev–Trinajstić information content (AvgIpc) is 3.19. The fourth-order valence-electron chi connectivity index (χ4n) is 3.94. The highest BCUT2D eigenvalue weighted by molar-refractivity contribution is 7.97. The zero-order valence-electron chi connectivity index (χ0n) is 27.9. The highest BCUT2D eigenvalue weighted by Gasteiger charge is 2.34. The van der Waals surface area contributed by atoms with E-state index in [0.29, 0.717) is 23.6 Å². The normalized spacial score (nSPS) is 14.9. The first-order valence-electron chi connectivity index (χ1n) is 14.9. The third-order valence-electron chi connectivity index (χ3n) is 6.61. The van der Waals surface area contributed by atoms with E-state index in [-0.39, 0.29) is 12.8 Å². The molecule has 1 aliphatic rings. The number of methoxy groups -OCH3 is 1. The number of ether oxygens (including phenoxy) is 1. The highest BCUT2D eigenvalue weighted by Crippen LogP contribution is 2.28.